The Morgan fingerprint density at radius 3 is 2.35 bits per heavy atom. The van der Waals surface area contributed by atoms with Gasteiger partial charge in [-0.2, -0.15) is 8.78 Å². The van der Waals surface area contributed by atoms with Crippen molar-refractivity contribution in [2.45, 2.75) is 64.9 Å². The largest absolute Gasteiger partial charge is 0.432 e. The number of halogens is 3. The Hall–Kier alpha value is -2.93. The second kappa shape index (κ2) is 11.5. The fourth-order valence-electron chi connectivity index (χ4n) is 4.85. The van der Waals surface area contributed by atoms with E-state index in [0.29, 0.717) is 11.3 Å². The van der Waals surface area contributed by atoms with Crippen molar-refractivity contribution in [1.82, 2.24) is 0 Å². The molecule has 3 aromatic rings. The minimum Gasteiger partial charge on any atom is -0.432 e. The van der Waals surface area contributed by atoms with Gasteiger partial charge in [0.25, 0.3) is 0 Å². The van der Waals surface area contributed by atoms with Gasteiger partial charge in [-0.15, -0.1) is 0 Å². The molecule has 4 heteroatoms. The van der Waals surface area contributed by atoms with Gasteiger partial charge in [-0.3, -0.25) is 0 Å². The molecule has 1 aliphatic carbocycles. The van der Waals surface area contributed by atoms with Crippen LogP contribution < -0.4 is 4.74 Å². The van der Waals surface area contributed by atoms with E-state index in [1.165, 1.54) is 57.4 Å². The smallest absolute Gasteiger partial charge is 0.387 e. The Morgan fingerprint density at radius 1 is 0.912 bits per heavy atom. The van der Waals surface area contributed by atoms with Crippen molar-refractivity contribution in [2.75, 3.05) is 0 Å². The molecule has 4 rings (SSSR count). The summed E-state index contributed by atoms with van der Waals surface area (Å²) in [5.74, 6) is 6.99. The summed E-state index contributed by atoms with van der Waals surface area (Å²) in [4.78, 5) is 0. The second-order valence-corrected chi connectivity index (χ2v) is 9.25. The lowest BCUT2D eigenvalue weighted by Gasteiger charge is -2.25. The standard InChI is InChI=1S/C30H31F3O/c1-2-3-4-5-21-6-8-22(9-7-21)10-11-23-12-14-24(15-13-23)25-16-18-27-26(20-25)17-19-28(29(27)31)34-30(32)33/h12-22,30H,2-9H2,1H3. The fraction of sp³-hybridized carbons (Fsp3) is 0.400. The average molecular weight is 465 g/mol. The van der Waals surface area contributed by atoms with Gasteiger partial charge in [-0.05, 0) is 72.4 Å². The summed E-state index contributed by atoms with van der Waals surface area (Å²) in [5.41, 5.74) is 2.91. The van der Waals surface area contributed by atoms with Crippen LogP contribution in [-0.4, -0.2) is 6.61 Å². The Kier molecular flexibility index (Phi) is 8.16. The normalized spacial score (nSPS) is 18.0. The van der Waals surface area contributed by atoms with Crippen LogP contribution in [0.1, 0.15) is 63.9 Å². The van der Waals surface area contributed by atoms with Gasteiger partial charge in [-0.1, -0.05) is 74.8 Å². The number of hydrogen-bond donors (Lipinski definition) is 0. The lowest BCUT2D eigenvalue weighted by atomic mass is 9.80. The lowest BCUT2D eigenvalue weighted by Crippen LogP contribution is -2.13. The van der Waals surface area contributed by atoms with E-state index in [4.69, 9.17) is 0 Å². The predicted octanol–water partition coefficient (Wildman–Crippen LogP) is 8.99. The molecule has 1 fully saturated rings. The van der Waals surface area contributed by atoms with Crippen LogP contribution >= 0.6 is 0 Å². The van der Waals surface area contributed by atoms with Crippen LogP contribution in [0.3, 0.4) is 0 Å². The van der Waals surface area contributed by atoms with Crippen molar-refractivity contribution < 1.29 is 17.9 Å². The van der Waals surface area contributed by atoms with Crippen molar-refractivity contribution in [2.24, 2.45) is 11.8 Å². The van der Waals surface area contributed by atoms with Crippen LogP contribution in [0.5, 0.6) is 5.75 Å². The molecule has 0 unspecified atom stereocenters. The SMILES string of the molecule is CCCCCC1CCC(C#Cc2ccc(-c3ccc4c(F)c(OC(F)F)ccc4c3)cc2)CC1. The number of alkyl halides is 2. The molecule has 0 radical (unpaired) electrons. The van der Waals surface area contributed by atoms with E-state index in [0.717, 1.165) is 22.6 Å². The third-order valence-electron chi connectivity index (χ3n) is 6.84. The third kappa shape index (κ3) is 6.14. The molecule has 0 bridgehead atoms. The molecule has 0 spiro atoms. The summed E-state index contributed by atoms with van der Waals surface area (Å²) in [6.45, 7) is -0.799. The first-order chi connectivity index (χ1) is 16.5. The molecule has 178 valence electrons. The monoisotopic (exact) mass is 464 g/mol. The van der Waals surface area contributed by atoms with Gasteiger partial charge in [0.2, 0.25) is 0 Å². The molecule has 1 aliphatic rings. The van der Waals surface area contributed by atoms with Crippen LogP contribution in [0.2, 0.25) is 0 Å². The highest BCUT2D eigenvalue weighted by Crippen LogP contribution is 2.33. The summed E-state index contributed by atoms with van der Waals surface area (Å²) in [5, 5.41) is 0.884. The molecular formula is C30H31F3O. The van der Waals surface area contributed by atoms with Crippen LogP contribution in [0.4, 0.5) is 13.2 Å². The number of fused-ring (bicyclic) bond motifs is 1. The number of hydrogen-bond acceptors (Lipinski definition) is 1. The van der Waals surface area contributed by atoms with Crippen molar-refractivity contribution >= 4 is 10.8 Å². The maximum Gasteiger partial charge on any atom is 0.387 e. The van der Waals surface area contributed by atoms with E-state index in [1.807, 2.05) is 30.3 Å². The average Bonchev–Trinajstić information content (AvgIpc) is 2.85. The zero-order valence-electron chi connectivity index (χ0n) is 19.6. The lowest BCUT2D eigenvalue weighted by molar-refractivity contribution is -0.0520. The van der Waals surface area contributed by atoms with Crippen LogP contribution in [0.25, 0.3) is 21.9 Å². The van der Waals surface area contributed by atoms with Crippen molar-refractivity contribution in [1.29, 1.82) is 0 Å². The van der Waals surface area contributed by atoms with E-state index >= 15 is 0 Å². The van der Waals surface area contributed by atoms with Gasteiger partial charge in [0.05, 0.1) is 0 Å². The van der Waals surface area contributed by atoms with E-state index in [1.54, 1.807) is 18.2 Å². The van der Waals surface area contributed by atoms with Gasteiger partial charge in [0.1, 0.15) is 0 Å². The second-order valence-electron chi connectivity index (χ2n) is 9.25. The van der Waals surface area contributed by atoms with Crippen molar-refractivity contribution in [3.8, 4) is 28.7 Å². The Morgan fingerprint density at radius 2 is 1.65 bits per heavy atom. The molecule has 0 aromatic heterocycles. The minimum atomic E-state index is -3.06. The number of rotatable bonds is 7. The molecule has 34 heavy (non-hydrogen) atoms. The van der Waals surface area contributed by atoms with Crippen LogP contribution in [-0.2, 0) is 0 Å². The number of ether oxygens (including phenoxy) is 1. The van der Waals surface area contributed by atoms with Gasteiger partial charge in [0.15, 0.2) is 11.6 Å². The Balaban J connectivity index is 1.39. The number of benzene rings is 3. The summed E-state index contributed by atoms with van der Waals surface area (Å²) in [6.07, 6.45) is 10.4. The highest BCUT2D eigenvalue weighted by Gasteiger charge is 2.19. The molecule has 0 atom stereocenters. The van der Waals surface area contributed by atoms with Crippen LogP contribution in [0, 0.1) is 29.5 Å². The van der Waals surface area contributed by atoms with E-state index in [2.05, 4.69) is 23.5 Å². The van der Waals surface area contributed by atoms with E-state index < -0.39 is 18.2 Å². The van der Waals surface area contributed by atoms with Gasteiger partial charge in [0, 0.05) is 16.9 Å². The summed E-state index contributed by atoms with van der Waals surface area (Å²) in [6, 6.07) is 16.1. The molecule has 0 saturated heterocycles. The van der Waals surface area contributed by atoms with Gasteiger partial charge < -0.3 is 4.74 Å². The first-order valence-electron chi connectivity index (χ1n) is 12.3. The maximum absolute atomic E-state index is 14.5. The Bertz CT molecular complexity index is 1150. The van der Waals surface area contributed by atoms with E-state index in [9.17, 15) is 13.2 Å². The first kappa shape index (κ1) is 24.2. The molecule has 0 amide bonds. The molecule has 1 nitrogen and oxygen atoms in total. The third-order valence-corrected chi connectivity index (χ3v) is 6.84. The summed E-state index contributed by atoms with van der Waals surface area (Å²) < 4.78 is 43.6. The van der Waals surface area contributed by atoms with Crippen molar-refractivity contribution in [3.63, 3.8) is 0 Å². The molecule has 0 N–H and O–H groups in total. The molecule has 3 aromatic carbocycles. The molecule has 0 aliphatic heterocycles. The Labute approximate surface area is 200 Å². The van der Waals surface area contributed by atoms with Gasteiger partial charge in [-0.25, -0.2) is 4.39 Å². The van der Waals surface area contributed by atoms with E-state index in [-0.39, 0.29) is 5.39 Å². The zero-order valence-corrected chi connectivity index (χ0v) is 19.6. The van der Waals surface area contributed by atoms with Crippen molar-refractivity contribution in [3.05, 3.63) is 66.0 Å². The maximum atomic E-state index is 14.5. The fourth-order valence-corrected chi connectivity index (χ4v) is 4.85. The minimum absolute atomic E-state index is 0.254. The highest BCUT2D eigenvalue weighted by molar-refractivity contribution is 5.89. The summed E-state index contributed by atoms with van der Waals surface area (Å²) in [7, 11) is 0. The molecule has 0 heterocycles. The summed E-state index contributed by atoms with van der Waals surface area (Å²) >= 11 is 0. The first-order valence-corrected chi connectivity index (χ1v) is 12.3. The molecular weight excluding hydrogens is 433 g/mol. The number of unbranched alkanes of at least 4 members (excludes halogenated alkanes) is 2. The topological polar surface area (TPSA) is 9.23 Å². The zero-order chi connectivity index (χ0) is 23.9. The quantitative estimate of drug-likeness (QED) is 0.250. The predicted molar refractivity (Wildman–Crippen MR) is 132 cm³/mol. The van der Waals surface area contributed by atoms with Crippen LogP contribution in [0.15, 0.2) is 54.6 Å². The highest BCUT2D eigenvalue weighted by atomic mass is 19.3. The van der Waals surface area contributed by atoms with Gasteiger partial charge >= 0.3 is 6.61 Å². The molecule has 1 saturated carbocycles.